The highest BCUT2D eigenvalue weighted by molar-refractivity contribution is 5.65. The van der Waals surface area contributed by atoms with E-state index in [1.165, 1.54) is 0 Å². The lowest BCUT2D eigenvalue weighted by Crippen LogP contribution is -2.15. The molecule has 4 heteroatoms. The summed E-state index contributed by atoms with van der Waals surface area (Å²) in [5.41, 5.74) is 4.22. The first-order valence-corrected chi connectivity index (χ1v) is 6.84. The zero-order valence-corrected chi connectivity index (χ0v) is 12.4. The van der Waals surface area contributed by atoms with Gasteiger partial charge in [0.05, 0.1) is 5.56 Å². The van der Waals surface area contributed by atoms with Crippen molar-refractivity contribution in [2.75, 3.05) is 0 Å². The van der Waals surface area contributed by atoms with E-state index in [9.17, 15) is 9.90 Å². The van der Waals surface area contributed by atoms with Crippen molar-refractivity contribution < 1.29 is 5.11 Å². The number of H-pyrrole nitrogens is 1. The molecule has 0 aliphatic heterocycles. The van der Waals surface area contributed by atoms with Gasteiger partial charge in [-0.1, -0.05) is 31.0 Å². The normalized spacial score (nSPS) is 10.8. The molecule has 0 saturated carbocycles. The molecule has 0 aliphatic rings. The van der Waals surface area contributed by atoms with Crippen LogP contribution in [0, 0.1) is 20.8 Å². The molecule has 0 spiro atoms. The van der Waals surface area contributed by atoms with Crippen LogP contribution in [0.15, 0.2) is 16.9 Å². The third-order valence-electron chi connectivity index (χ3n) is 3.41. The topological polar surface area (TPSA) is 66.0 Å². The number of hydrogen-bond donors (Lipinski definition) is 2. The van der Waals surface area contributed by atoms with Crippen LogP contribution < -0.4 is 5.56 Å². The molecule has 20 heavy (non-hydrogen) atoms. The first-order chi connectivity index (χ1) is 9.43. The van der Waals surface area contributed by atoms with Gasteiger partial charge in [-0.25, -0.2) is 0 Å². The molecule has 0 unspecified atom stereocenters. The molecule has 0 atom stereocenters. The van der Waals surface area contributed by atoms with E-state index in [1.807, 2.05) is 39.8 Å². The second-order valence-electron chi connectivity index (χ2n) is 5.24. The largest absolute Gasteiger partial charge is 0.493 e. The van der Waals surface area contributed by atoms with Crippen LogP contribution in [0.3, 0.4) is 0 Å². The van der Waals surface area contributed by atoms with Gasteiger partial charge in [0.1, 0.15) is 5.82 Å². The van der Waals surface area contributed by atoms with Crippen LogP contribution in [0.5, 0.6) is 5.88 Å². The Labute approximate surface area is 118 Å². The van der Waals surface area contributed by atoms with Crippen molar-refractivity contribution in [1.82, 2.24) is 9.97 Å². The Kier molecular flexibility index (Phi) is 3.93. The van der Waals surface area contributed by atoms with Crippen LogP contribution in [0.1, 0.15) is 35.6 Å². The van der Waals surface area contributed by atoms with E-state index in [4.69, 9.17) is 0 Å². The second-order valence-corrected chi connectivity index (χ2v) is 5.24. The van der Waals surface area contributed by atoms with E-state index in [0.717, 1.165) is 28.7 Å². The van der Waals surface area contributed by atoms with Gasteiger partial charge in [0.25, 0.3) is 5.56 Å². The second kappa shape index (κ2) is 5.49. The maximum atomic E-state index is 12.1. The number of rotatable bonds is 3. The molecule has 0 radical (unpaired) electrons. The molecule has 106 valence electrons. The fraction of sp³-hybridized carbons (Fsp3) is 0.375. The van der Waals surface area contributed by atoms with Crippen molar-refractivity contribution in [2.45, 2.75) is 40.5 Å². The van der Waals surface area contributed by atoms with E-state index in [1.54, 1.807) is 0 Å². The maximum Gasteiger partial charge on any atom is 0.258 e. The summed E-state index contributed by atoms with van der Waals surface area (Å²) in [6, 6.07) is 4.08. The first kappa shape index (κ1) is 14.3. The van der Waals surface area contributed by atoms with Gasteiger partial charge in [-0.3, -0.25) is 4.79 Å². The van der Waals surface area contributed by atoms with Gasteiger partial charge in [-0.15, -0.1) is 0 Å². The monoisotopic (exact) mass is 272 g/mol. The molecule has 1 aromatic heterocycles. The highest BCUT2D eigenvalue weighted by atomic mass is 16.3. The quantitative estimate of drug-likeness (QED) is 0.902. The molecule has 0 amide bonds. The average Bonchev–Trinajstić information content (AvgIpc) is 2.32. The van der Waals surface area contributed by atoms with Crippen LogP contribution >= 0.6 is 0 Å². The summed E-state index contributed by atoms with van der Waals surface area (Å²) in [7, 11) is 0. The minimum absolute atomic E-state index is 0.162. The molecular formula is C16H20N2O2. The number of aromatic amines is 1. The molecule has 0 bridgehead atoms. The average molecular weight is 272 g/mol. The zero-order chi connectivity index (χ0) is 14.9. The minimum Gasteiger partial charge on any atom is -0.493 e. The van der Waals surface area contributed by atoms with Crippen LogP contribution in [-0.4, -0.2) is 15.1 Å². The summed E-state index contributed by atoms with van der Waals surface area (Å²) in [4.78, 5) is 19.0. The van der Waals surface area contributed by atoms with Crippen LogP contribution in [0.25, 0.3) is 11.4 Å². The van der Waals surface area contributed by atoms with E-state index < -0.39 is 0 Å². The Hall–Kier alpha value is -2.10. The number of aromatic nitrogens is 2. The van der Waals surface area contributed by atoms with Gasteiger partial charge in [0.2, 0.25) is 5.88 Å². The van der Waals surface area contributed by atoms with E-state index in [2.05, 4.69) is 9.97 Å². The standard InChI is InChI=1S/C16H20N2O2/c1-5-6-12-15(19)17-14(18-16(12)20)13-10(3)7-9(2)8-11(13)4/h7-8H,5-6H2,1-4H3,(H2,17,18,19,20). The molecule has 0 fully saturated rings. The van der Waals surface area contributed by atoms with Crippen molar-refractivity contribution in [2.24, 2.45) is 0 Å². The number of aromatic hydroxyl groups is 1. The molecule has 2 rings (SSSR count). The number of aryl methyl sites for hydroxylation is 3. The molecule has 1 heterocycles. The first-order valence-electron chi connectivity index (χ1n) is 6.84. The van der Waals surface area contributed by atoms with Crippen molar-refractivity contribution in [3.63, 3.8) is 0 Å². The molecule has 1 aromatic carbocycles. The SMILES string of the molecule is CCCc1c(O)nc(-c2c(C)cc(C)cc2C)[nH]c1=O. The third kappa shape index (κ3) is 2.59. The Morgan fingerprint density at radius 2 is 1.80 bits per heavy atom. The molecule has 2 aromatic rings. The number of nitrogens with zero attached hydrogens (tertiary/aromatic N) is 1. The Bertz CT molecular complexity index is 679. The summed E-state index contributed by atoms with van der Waals surface area (Å²) in [5.74, 6) is 0.271. The molecular weight excluding hydrogens is 252 g/mol. The van der Waals surface area contributed by atoms with Crippen LogP contribution in [0.4, 0.5) is 0 Å². The van der Waals surface area contributed by atoms with Crippen LogP contribution in [0.2, 0.25) is 0 Å². The number of benzene rings is 1. The van der Waals surface area contributed by atoms with E-state index in [0.29, 0.717) is 17.8 Å². The Morgan fingerprint density at radius 3 is 2.30 bits per heavy atom. The van der Waals surface area contributed by atoms with Crippen molar-refractivity contribution >= 4 is 0 Å². The molecule has 0 aliphatic carbocycles. The lowest BCUT2D eigenvalue weighted by atomic mass is 9.99. The highest BCUT2D eigenvalue weighted by Crippen LogP contribution is 2.26. The highest BCUT2D eigenvalue weighted by Gasteiger charge is 2.14. The number of hydrogen-bond acceptors (Lipinski definition) is 3. The van der Waals surface area contributed by atoms with Crippen LogP contribution in [-0.2, 0) is 6.42 Å². The summed E-state index contributed by atoms with van der Waals surface area (Å²) in [6.07, 6.45) is 1.32. The van der Waals surface area contributed by atoms with Gasteiger partial charge in [-0.2, -0.15) is 4.98 Å². The summed E-state index contributed by atoms with van der Waals surface area (Å²) >= 11 is 0. The maximum absolute atomic E-state index is 12.1. The fourth-order valence-electron chi connectivity index (χ4n) is 2.63. The Balaban J connectivity index is 2.63. The van der Waals surface area contributed by atoms with E-state index in [-0.39, 0.29) is 11.4 Å². The van der Waals surface area contributed by atoms with Gasteiger partial charge in [0, 0.05) is 5.56 Å². The Morgan fingerprint density at radius 1 is 1.20 bits per heavy atom. The van der Waals surface area contributed by atoms with Crippen molar-refractivity contribution in [3.8, 4) is 17.3 Å². The summed E-state index contributed by atoms with van der Waals surface area (Å²) in [6.45, 7) is 7.95. The van der Waals surface area contributed by atoms with Crippen molar-refractivity contribution in [3.05, 3.63) is 44.7 Å². The third-order valence-corrected chi connectivity index (χ3v) is 3.41. The molecule has 0 saturated heterocycles. The number of nitrogens with one attached hydrogen (secondary N) is 1. The molecule has 2 N–H and O–H groups in total. The van der Waals surface area contributed by atoms with Gasteiger partial charge >= 0.3 is 0 Å². The van der Waals surface area contributed by atoms with Crippen molar-refractivity contribution in [1.29, 1.82) is 0 Å². The predicted octanol–water partition coefficient (Wildman–Crippen LogP) is 3.02. The van der Waals surface area contributed by atoms with Gasteiger partial charge < -0.3 is 10.1 Å². The molecule has 4 nitrogen and oxygen atoms in total. The minimum atomic E-state index is -0.256. The van der Waals surface area contributed by atoms with E-state index >= 15 is 0 Å². The summed E-state index contributed by atoms with van der Waals surface area (Å²) < 4.78 is 0. The fourth-order valence-corrected chi connectivity index (χ4v) is 2.63. The zero-order valence-electron chi connectivity index (χ0n) is 12.4. The smallest absolute Gasteiger partial charge is 0.258 e. The van der Waals surface area contributed by atoms with Gasteiger partial charge in [0.15, 0.2) is 0 Å². The summed E-state index contributed by atoms with van der Waals surface area (Å²) in [5, 5.41) is 9.97. The lowest BCUT2D eigenvalue weighted by molar-refractivity contribution is 0.443. The predicted molar refractivity (Wildman–Crippen MR) is 80.2 cm³/mol. The van der Waals surface area contributed by atoms with Gasteiger partial charge in [-0.05, 0) is 38.3 Å². The lowest BCUT2D eigenvalue weighted by Gasteiger charge is -2.11.